The molecule has 1 N–H and O–H groups in total. The number of amides is 1. The second-order valence-electron chi connectivity index (χ2n) is 6.67. The van der Waals surface area contributed by atoms with Gasteiger partial charge in [-0.25, -0.2) is 4.39 Å². The van der Waals surface area contributed by atoms with Crippen LogP contribution in [-0.4, -0.2) is 50.1 Å². The van der Waals surface area contributed by atoms with Crippen LogP contribution in [-0.2, 0) is 4.79 Å². The maximum absolute atomic E-state index is 13.0. The Hall–Kier alpha value is -3.17. The van der Waals surface area contributed by atoms with E-state index in [0.717, 1.165) is 44.0 Å². The molecule has 0 saturated carbocycles. The van der Waals surface area contributed by atoms with E-state index in [1.807, 2.05) is 18.2 Å². The topological polar surface area (TPSA) is 59.4 Å². The second-order valence-corrected chi connectivity index (χ2v) is 6.67. The van der Waals surface area contributed by atoms with Gasteiger partial charge in [0.2, 0.25) is 5.91 Å². The van der Waals surface area contributed by atoms with Crippen molar-refractivity contribution in [2.24, 2.45) is 0 Å². The van der Waals surface area contributed by atoms with Gasteiger partial charge < -0.3 is 10.2 Å². The van der Waals surface area contributed by atoms with Gasteiger partial charge in [0.15, 0.2) is 0 Å². The molecule has 1 amide bonds. The van der Waals surface area contributed by atoms with Gasteiger partial charge in [-0.05, 0) is 48.0 Å². The Morgan fingerprint density at radius 2 is 1.89 bits per heavy atom. The molecule has 0 bridgehead atoms. The summed E-state index contributed by atoms with van der Waals surface area (Å²) in [7, 11) is 0. The molecular weight excluding hydrogens is 355 g/mol. The molecule has 144 valence electrons. The number of nitrogens with one attached hydrogen (secondary N) is 1. The maximum atomic E-state index is 13.0. The molecule has 0 radical (unpaired) electrons. The summed E-state index contributed by atoms with van der Waals surface area (Å²) in [4.78, 5) is 16.5. The highest BCUT2D eigenvalue weighted by Crippen LogP contribution is 2.16. The minimum atomic E-state index is -0.218. The van der Waals surface area contributed by atoms with Crippen LogP contribution in [0.4, 0.5) is 10.1 Å². The van der Waals surface area contributed by atoms with E-state index < -0.39 is 0 Å². The highest BCUT2D eigenvalue weighted by Gasteiger charge is 2.16. The van der Waals surface area contributed by atoms with Gasteiger partial charge in [-0.15, -0.1) is 0 Å². The summed E-state index contributed by atoms with van der Waals surface area (Å²) in [5.41, 5.74) is 2.44. The Morgan fingerprint density at radius 1 is 1.14 bits per heavy atom. The molecule has 0 aliphatic carbocycles. The monoisotopic (exact) mass is 378 g/mol. The van der Waals surface area contributed by atoms with Gasteiger partial charge in [-0.3, -0.25) is 9.69 Å². The lowest BCUT2D eigenvalue weighted by molar-refractivity contribution is -0.116. The Kier molecular flexibility index (Phi) is 6.77. The van der Waals surface area contributed by atoms with Crippen LogP contribution >= 0.6 is 0 Å². The average molecular weight is 378 g/mol. The van der Waals surface area contributed by atoms with E-state index in [1.165, 1.54) is 18.2 Å². The van der Waals surface area contributed by atoms with Crippen molar-refractivity contribution >= 4 is 17.7 Å². The second kappa shape index (κ2) is 9.67. The summed E-state index contributed by atoms with van der Waals surface area (Å²) in [6.45, 7) is 4.95. The fourth-order valence-electron chi connectivity index (χ4n) is 3.16. The van der Waals surface area contributed by atoms with E-state index in [-0.39, 0.29) is 11.7 Å². The van der Waals surface area contributed by atoms with Crippen LogP contribution in [0.3, 0.4) is 0 Å². The lowest BCUT2D eigenvalue weighted by atomic mass is 10.1. The van der Waals surface area contributed by atoms with Crippen LogP contribution in [0.25, 0.3) is 6.08 Å². The Balaban J connectivity index is 1.37. The first-order chi connectivity index (χ1) is 13.6. The third-order valence-electron chi connectivity index (χ3n) is 4.73. The van der Waals surface area contributed by atoms with Gasteiger partial charge in [-0.2, -0.15) is 5.26 Å². The van der Waals surface area contributed by atoms with Crippen molar-refractivity contribution < 1.29 is 9.18 Å². The van der Waals surface area contributed by atoms with E-state index in [1.54, 1.807) is 24.3 Å². The minimum Gasteiger partial charge on any atom is -0.369 e. The van der Waals surface area contributed by atoms with E-state index in [2.05, 4.69) is 21.2 Å². The first kappa shape index (κ1) is 19.6. The number of carbonyl (C=O) groups is 1. The molecule has 0 atom stereocenters. The number of anilines is 1. The lowest BCUT2D eigenvalue weighted by Crippen LogP contribution is -2.48. The van der Waals surface area contributed by atoms with E-state index in [9.17, 15) is 9.18 Å². The molecule has 1 heterocycles. The average Bonchev–Trinajstić information content (AvgIpc) is 2.73. The Bertz CT molecular complexity index is 865. The van der Waals surface area contributed by atoms with Crippen molar-refractivity contribution in [1.82, 2.24) is 10.2 Å². The smallest absolute Gasteiger partial charge is 0.244 e. The van der Waals surface area contributed by atoms with Crippen molar-refractivity contribution in [2.75, 3.05) is 44.2 Å². The summed E-state index contributed by atoms with van der Waals surface area (Å²) in [5.74, 6) is -0.364. The molecule has 1 aliphatic heterocycles. The molecule has 5 nitrogen and oxygen atoms in total. The molecule has 0 spiro atoms. The number of piperazine rings is 1. The third kappa shape index (κ3) is 5.66. The Labute approximate surface area is 164 Å². The van der Waals surface area contributed by atoms with E-state index in [0.29, 0.717) is 12.1 Å². The number of benzene rings is 2. The molecule has 28 heavy (non-hydrogen) atoms. The van der Waals surface area contributed by atoms with Crippen molar-refractivity contribution in [1.29, 1.82) is 5.26 Å². The largest absolute Gasteiger partial charge is 0.369 e. The van der Waals surface area contributed by atoms with Crippen LogP contribution in [0.1, 0.15) is 11.1 Å². The molecular formula is C22H23FN4O. The molecule has 3 rings (SSSR count). The number of rotatable bonds is 6. The summed E-state index contributed by atoms with van der Waals surface area (Å²) in [6.07, 6.45) is 3.20. The maximum Gasteiger partial charge on any atom is 0.244 e. The number of nitriles is 1. The number of nitrogens with zero attached hydrogens (tertiary/aromatic N) is 3. The highest BCUT2D eigenvalue weighted by molar-refractivity contribution is 5.91. The zero-order valence-corrected chi connectivity index (χ0v) is 15.6. The molecule has 1 aliphatic rings. The number of hydrogen-bond acceptors (Lipinski definition) is 4. The van der Waals surface area contributed by atoms with Gasteiger partial charge in [0.05, 0.1) is 11.6 Å². The predicted molar refractivity (Wildman–Crippen MR) is 108 cm³/mol. The first-order valence-electron chi connectivity index (χ1n) is 9.33. The van der Waals surface area contributed by atoms with Crippen LogP contribution in [0.15, 0.2) is 54.6 Å². The van der Waals surface area contributed by atoms with E-state index >= 15 is 0 Å². The van der Waals surface area contributed by atoms with Crippen molar-refractivity contribution in [2.45, 2.75) is 0 Å². The number of halogens is 1. The molecule has 0 unspecified atom stereocenters. The van der Waals surface area contributed by atoms with Crippen LogP contribution < -0.4 is 10.2 Å². The molecule has 0 aromatic heterocycles. The standard InChI is InChI=1S/C22H23FN4O/c23-20-5-7-21(8-6-20)27-14-12-26(13-15-27)11-10-25-22(28)9-4-18-2-1-3-19(16-18)17-24/h1-9,16H,10-15H2,(H,25,28). The van der Waals surface area contributed by atoms with Gasteiger partial charge in [0, 0.05) is 51.0 Å². The molecule has 1 saturated heterocycles. The molecule has 2 aromatic rings. The van der Waals surface area contributed by atoms with Crippen molar-refractivity contribution in [3.63, 3.8) is 0 Å². The van der Waals surface area contributed by atoms with Crippen molar-refractivity contribution in [3.05, 3.63) is 71.6 Å². The lowest BCUT2D eigenvalue weighted by Gasteiger charge is -2.36. The van der Waals surface area contributed by atoms with Gasteiger partial charge >= 0.3 is 0 Å². The molecule has 2 aromatic carbocycles. The number of carbonyl (C=O) groups excluding carboxylic acids is 1. The van der Waals surface area contributed by atoms with Gasteiger partial charge in [0.25, 0.3) is 0 Å². The zero-order chi connectivity index (χ0) is 19.8. The van der Waals surface area contributed by atoms with Crippen LogP contribution in [0.5, 0.6) is 0 Å². The van der Waals surface area contributed by atoms with Crippen LogP contribution in [0.2, 0.25) is 0 Å². The normalized spacial score (nSPS) is 14.8. The van der Waals surface area contributed by atoms with Gasteiger partial charge in [0.1, 0.15) is 5.82 Å². The molecule has 1 fully saturated rings. The quantitative estimate of drug-likeness (QED) is 0.785. The SMILES string of the molecule is N#Cc1cccc(C=CC(=O)NCCN2CCN(c3ccc(F)cc3)CC2)c1. The fourth-order valence-corrected chi connectivity index (χ4v) is 3.16. The summed E-state index contributed by atoms with van der Waals surface area (Å²) >= 11 is 0. The first-order valence-corrected chi connectivity index (χ1v) is 9.33. The third-order valence-corrected chi connectivity index (χ3v) is 4.73. The minimum absolute atomic E-state index is 0.146. The number of hydrogen-bond donors (Lipinski definition) is 1. The van der Waals surface area contributed by atoms with Crippen LogP contribution in [0, 0.1) is 17.1 Å². The predicted octanol–water partition coefficient (Wildman–Crippen LogP) is 2.65. The fraction of sp³-hybridized carbons (Fsp3) is 0.273. The van der Waals surface area contributed by atoms with E-state index in [4.69, 9.17) is 5.26 Å². The Morgan fingerprint density at radius 3 is 2.61 bits per heavy atom. The summed E-state index contributed by atoms with van der Waals surface area (Å²) in [6, 6.07) is 15.8. The highest BCUT2D eigenvalue weighted by atomic mass is 19.1. The summed E-state index contributed by atoms with van der Waals surface area (Å²) < 4.78 is 13.0. The zero-order valence-electron chi connectivity index (χ0n) is 15.6. The van der Waals surface area contributed by atoms with Gasteiger partial charge in [-0.1, -0.05) is 12.1 Å². The molecule has 6 heteroatoms. The van der Waals surface area contributed by atoms with Crippen molar-refractivity contribution in [3.8, 4) is 6.07 Å². The summed E-state index contributed by atoms with van der Waals surface area (Å²) in [5, 5.41) is 11.8.